The summed E-state index contributed by atoms with van der Waals surface area (Å²) in [7, 11) is 1.45. The summed E-state index contributed by atoms with van der Waals surface area (Å²) < 4.78 is 18.5. The summed E-state index contributed by atoms with van der Waals surface area (Å²) in [6, 6.07) is 11.4. The number of nitrogens with one attached hydrogen (secondary N) is 2. The van der Waals surface area contributed by atoms with Crippen molar-refractivity contribution in [2.24, 2.45) is 5.92 Å². The molecule has 1 saturated carbocycles. The Hall–Kier alpha value is -2.56. The second kappa shape index (κ2) is 8.01. The number of halogens is 1. The lowest BCUT2D eigenvalue weighted by Gasteiger charge is -2.13. The van der Waals surface area contributed by atoms with Gasteiger partial charge in [-0.25, -0.2) is 4.39 Å². The zero-order chi connectivity index (χ0) is 17.6. The molecule has 0 heterocycles. The molecule has 2 N–H and O–H groups in total. The van der Waals surface area contributed by atoms with Crippen LogP contribution in [0.4, 0.5) is 15.8 Å². The first-order valence-corrected chi connectivity index (χ1v) is 8.64. The topological polar surface area (TPSA) is 50.4 Å². The lowest BCUT2D eigenvalue weighted by Crippen LogP contribution is -2.14. The smallest absolute Gasteiger partial charge is 0.259 e. The minimum atomic E-state index is -0.475. The summed E-state index contributed by atoms with van der Waals surface area (Å²) >= 11 is 0. The van der Waals surface area contributed by atoms with E-state index in [9.17, 15) is 9.18 Å². The molecule has 4 nitrogen and oxygen atoms in total. The third-order valence-electron chi connectivity index (χ3n) is 4.62. The average Bonchev–Trinajstić information content (AvgIpc) is 3.14. The van der Waals surface area contributed by atoms with E-state index in [-0.39, 0.29) is 5.56 Å². The van der Waals surface area contributed by atoms with Gasteiger partial charge in [-0.15, -0.1) is 0 Å². The van der Waals surface area contributed by atoms with Gasteiger partial charge in [0.2, 0.25) is 0 Å². The quantitative estimate of drug-likeness (QED) is 0.801. The first-order chi connectivity index (χ1) is 12.2. The van der Waals surface area contributed by atoms with Gasteiger partial charge in [0.05, 0.1) is 12.7 Å². The van der Waals surface area contributed by atoms with Crippen molar-refractivity contribution < 1.29 is 13.9 Å². The summed E-state index contributed by atoms with van der Waals surface area (Å²) in [6.45, 7) is 0.992. The van der Waals surface area contributed by atoms with E-state index in [1.165, 1.54) is 51.0 Å². The predicted octanol–water partition coefficient (Wildman–Crippen LogP) is 4.69. The van der Waals surface area contributed by atoms with E-state index in [2.05, 4.69) is 10.6 Å². The summed E-state index contributed by atoms with van der Waals surface area (Å²) in [5.74, 6) is 0.231. The maximum Gasteiger partial charge on any atom is 0.259 e. The molecule has 2 aromatic carbocycles. The van der Waals surface area contributed by atoms with Crippen molar-refractivity contribution in [3.05, 3.63) is 53.8 Å². The highest BCUT2D eigenvalue weighted by atomic mass is 19.1. The van der Waals surface area contributed by atoms with E-state index in [1.54, 1.807) is 0 Å². The van der Waals surface area contributed by atoms with Crippen molar-refractivity contribution in [1.82, 2.24) is 0 Å². The Balaban J connectivity index is 1.61. The van der Waals surface area contributed by atoms with Gasteiger partial charge < -0.3 is 15.4 Å². The van der Waals surface area contributed by atoms with Crippen molar-refractivity contribution in [2.45, 2.75) is 25.7 Å². The van der Waals surface area contributed by atoms with Gasteiger partial charge in [-0.05, 0) is 61.2 Å². The van der Waals surface area contributed by atoms with E-state index in [4.69, 9.17) is 4.74 Å². The number of rotatable bonds is 6. The van der Waals surface area contributed by atoms with Crippen molar-refractivity contribution in [3.8, 4) is 5.75 Å². The molecule has 1 fully saturated rings. The van der Waals surface area contributed by atoms with Gasteiger partial charge >= 0.3 is 0 Å². The van der Waals surface area contributed by atoms with Crippen molar-refractivity contribution in [2.75, 3.05) is 24.3 Å². The van der Waals surface area contributed by atoms with Gasteiger partial charge in [0.1, 0.15) is 11.6 Å². The van der Waals surface area contributed by atoms with Crippen molar-refractivity contribution in [3.63, 3.8) is 0 Å². The summed E-state index contributed by atoms with van der Waals surface area (Å²) in [5, 5.41) is 6.21. The first-order valence-electron chi connectivity index (χ1n) is 8.64. The van der Waals surface area contributed by atoms with Crippen LogP contribution < -0.4 is 15.4 Å². The second-order valence-electron chi connectivity index (χ2n) is 6.41. The fourth-order valence-electron chi connectivity index (χ4n) is 3.20. The Morgan fingerprint density at radius 2 is 1.80 bits per heavy atom. The molecule has 0 saturated heterocycles. The van der Waals surface area contributed by atoms with E-state index in [0.29, 0.717) is 11.4 Å². The molecule has 1 aliphatic carbocycles. The van der Waals surface area contributed by atoms with Crippen LogP contribution in [0.1, 0.15) is 36.0 Å². The van der Waals surface area contributed by atoms with Gasteiger partial charge in [0.15, 0.2) is 0 Å². The first kappa shape index (κ1) is 17.3. The third-order valence-corrected chi connectivity index (χ3v) is 4.62. The van der Waals surface area contributed by atoms with Crippen LogP contribution in [0.5, 0.6) is 5.75 Å². The molecule has 0 spiro atoms. The van der Waals surface area contributed by atoms with Crippen molar-refractivity contribution >= 4 is 17.3 Å². The summed E-state index contributed by atoms with van der Waals surface area (Å²) in [5.41, 5.74) is 1.86. The fourth-order valence-corrected chi connectivity index (χ4v) is 3.20. The molecule has 5 heteroatoms. The second-order valence-corrected chi connectivity index (χ2v) is 6.41. The van der Waals surface area contributed by atoms with Crippen LogP contribution in [0.15, 0.2) is 42.5 Å². The monoisotopic (exact) mass is 342 g/mol. The molecule has 0 aliphatic heterocycles. The average molecular weight is 342 g/mol. The molecular weight excluding hydrogens is 319 g/mol. The SMILES string of the molecule is COc1ccc(F)cc1C(=O)Nc1ccc(NCC2CCCC2)cc1. The Morgan fingerprint density at radius 3 is 2.48 bits per heavy atom. The lowest BCUT2D eigenvalue weighted by atomic mass is 10.1. The molecule has 0 atom stereocenters. The minimum Gasteiger partial charge on any atom is -0.496 e. The van der Waals surface area contributed by atoms with Crippen LogP contribution in [0, 0.1) is 11.7 Å². The minimum absolute atomic E-state index is 0.172. The fraction of sp³-hybridized carbons (Fsp3) is 0.350. The molecule has 1 aliphatic rings. The number of methoxy groups -OCH3 is 1. The zero-order valence-corrected chi connectivity index (χ0v) is 14.3. The number of carbonyl (C=O) groups is 1. The number of ether oxygens (including phenoxy) is 1. The third kappa shape index (κ3) is 4.50. The van der Waals surface area contributed by atoms with Gasteiger partial charge in [-0.1, -0.05) is 12.8 Å². The van der Waals surface area contributed by atoms with E-state index >= 15 is 0 Å². The molecule has 25 heavy (non-hydrogen) atoms. The maximum absolute atomic E-state index is 13.4. The van der Waals surface area contributed by atoms with E-state index < -0.39 is 11.7 Å². The lowest BCUT2D eigenvalue weighted by molar-refractivity contribution is 0.102. The van der Waals surface area contributed by atoms with Crippen LogP contribution in [-0.4, -0.2) is 19.6 Å². The Kier molecular flexibility index (Phi) is 5.53. The molecule has 2 aromatic rings. The van der Waals surface area contributed by atoms with Crippen LogP contribution in [-0.2, 0) is 0 Å². The summed E-state index contributed by atoms with van der Waals surface area (Å²) in [6.07, 6.45) is 5.27. The van der Waals surface area contributed by atoms with Gasteiger partial charge in [-0.2, -0.15) is 0 Å². The van der Waals surface area contributed by atoms with Gasteiger partial charge in [0, 0.05) is 17.9 Å². The number of benzene rings is 2. The molecule has 0 bridgehead atoms. The molecule has 132 valence electrons. The summed E-state index contributed by atoms with van der Waals surface area (Å²) in [4.78, 5) is 12.4. The Bertz CT molecular complexity index is 725. The highest BCUT2D eigenvalue weighted by Crippen LogP contribution is 2.25. The number of amides is 1. The zero-order valence-electron chi connectivity index (χ0n) is 14.3. The largest absolute Gasteiger partial charge is 0.496 e. The highest BCUT2D eigenvalue weighted by Gasteiger charge is 2.15. The molecule has 0 aromatic heterocycles. The maximum atomic E-state index is 13.4. The normalized spacial score (nSPS) is 14.3. The van der Waals surface area contributed by atoms with Crippen LogP contribution >= 0.6 is 0 Å². The molecule has 0 radical (unpaired) electrons. The van der Waals surface area contributed by atoms with Crippen molar-refractivity contribution in [1.29, 1.82) is 0 Å². The van der Waals surface area contributed by atoms with Crippen LogP contribution in [0.3, 0.4) is 0 Å². The van der Waals surface area contributed by atoms with Gasteiger partial charge in [-0.3, -0.25) is 4.79 Å². The molecular formula is C20H23FN2O2. The Labute approximate surface area is 147 Å². The number of hydrogen-bond acceptors (Lipinski definition) is 3. The van der Waals surface area contributed by atoms with Gasteiger partial charge in [0.25, 0.3) is 5.91 Å². The van der Waals surface area contributed by atoms with E-state index in [0.717, 1.165) is 18.2 Å². The predicted molar refractivity (Wildman–Crippen MR) is 97.8 cm³/mol. The number of carbonyl (C=O) groups excluding carboxylic acids is 1. The number of hydrogen-bond donors (Lipinski definition) is 2. The standard InChI is InChI=1S/C20H23FN2O2/c1-25-19-11-6-15(21)12-18(19)20(24)23-17-9-7-16(8-10-17)22-13-14-4-2-3-5-14/h6-12,14,22H,2-5,13H2,1H3,(H,23,24). The molecule has 1 amide bonds. The van der Waals surface area contributed by atoms with Crippen LogP contribution in [0.25, 0.3) is 0 Å². The molecule has 3 rings (SSSR count). The number of anilines is 2. The molecule has 0 unspecified atom stereocenters. The van der Waals surface area contributed by atoms with E-state index in [1.807, 2.05) is 24.3 Å². The highest BCUT2D eigenvalue weighted by molar-refractivity contribution is 6.06. The Morgan fingerprint density at radius 1 is 1.12 bits per heavy atom. The van der Waals surface area contributed by atoms with Crippen LogP contribution in [0.2, 0.25) is 0 Å².